The maximum Gasteiger partial charge on any atom is 0.261 e. The fourth-order valence-electron chi connectivity index (χ4n) is 2.66. The number of hydrogen-bond donors (Lipinski definition) is 3. The van der Waals surface area contributed by atoms with Gasteiger partial charge in [-0.3, -0.25) is 9.59 Å². The van der Waals surface area contributed by atoms with Crippen molar-refractivity contribution >= 4 is 28.2 Å². The number of nitrogens with zero attached hydrogens (tertiary/aromatic N) is 1. The molecule has 0 aliphatic carbocycles. The van der Waals surface area contributed by atoms with E-state index in [0.29, 0.717) is 23.1 Å². The molecule has 1 heterocycles. The maximum atomic E-state index is 12.7. The Balaban J connectivity index is 2.14. The molecule has 4 N–H and O–H groups in total. The first kappa shape index (κ1) is 15.6. The van der Waals surface area contributed by atoms with Crippen LogP contribution in [-0.4, -0.2) is 15.6 Å². The molecule has 0 saturated heterocycles. The smallest absolute Gasteiger partial charge is 0.261 e. The van der Waals surface area contributed by atoms with E-state index in [1.54, 1.807) is 41.0 Å². The van der Waals surface area contributed by atoms with Crippen molar-refractivity contribution in [1.82, 2.24) is 4.57 Å². The molecule has 24 heavy (non-hydrogen) atoms. The second-order valence-corrected chi connectivity index (χ2v) is 5.37. The Kier molecular flexibility index (Phi) is 3.95. The second-order valence-electron chi connectivity index (χ2n) is 5.37. The SMILES string of the molecule is CCn1cc(C(=O)Nc2ccccc2O)c(=O)c2c(N)cccc21. The fraction of sp³-hybridized carbons (Fsp3) is 0.111. The number of phenolic OH excluding ortho intramolecular Hbond substituents is 1. The number of rotatable bonds is 3. The first-order chi connectivity index (χ1) is 11.5. The van der Waals surface area contributed by atoms with Crippen LogP contribution in [0.2, 0.25) is 0 Å². The van der Waals surface area contributed by atoms with Crippen molar-refractivity contribution in [1.29, 1.82) is 0 Å². The minimum absolute atomic E-state index is 0.0227. The third-order valence-corrected chi connectivity index (χ3v) is 3.88. The van der Waals surface area contributed by atoms with Crippen molar-refractivity contribution in [3.63, 3.8) is 0 Å². The lowest BCUT2D eigenvalue weighted by Gasteiger charge is -2.13. The number of carbonyl (C=O) groups is 1. The van der Waals surface area contributed by atoms with Crippen LogP contribution >= 0.6 is 0 Å². The van der Waals surface area contributed by atoms with E-state index < -0.39 is 11.3 Å². The van der Waals surface area contributed by atoms with Gasteiger partial charge in [-0.05, 0) is 31.2 Å². The zero-order valence-corrected chi connectivity index (χ0v) is 13.1. The van der Waals surface area contributed by atoms with Gasteiger partial charge in [-0.1, -0.05) is 18.2 Å². The maximum absolute atomic E-state index is 12.7. The van der Waals surface area contributed by atoms with Gasteiger partial charge in [0.2, 0.25) is 5.43 Å². The van der Waals surface area contributed by atoms with E-state index in [0.717, 1.165) is 0 Å². The van der Waals surface area contributed by atoms with Crippen LogP contribution in [0, 0.1) is 0 Å². The molecular formula is C18H17N3O3. The molecular weight excluding hydrogens is 306 g/mol. The highest BCUT2D eigenvalue weighted by Crippen LogP contribution is 2.23. The van der Waals surface area contributed by atoms with Crippen LogP contribution < -0.4 is 16.5 Å². The molecule has 6 nitrogen and oxygen atoms in total. The summed E-state index contributed by atoms with van der Waals surface area (Å²) in [5.41, 5.74) is 6.74. The molecule has 0 aliphatic heterocycles. The summed E-state index contributed by atoms with van der Waals surface area (Å²) in [5.74, 6) is -0.657. The highest BCUT2D eigenvalue weighted by Gasteiger charge is 2.17. The average molecular weight is 323 g/mol. The van der Waals surface area contributed by atoms with Gasteiger partial charge in [0.25, 0.3) is 5.91 Å². The summed E-state index contributed by atoms with van der Waals surface area (Å²) in [6, 6.07) is 11.5. The number of nitrogen functional groups attached to an aromatic ring is 1. The highest BCUT2D eigenvalue weighted by molar-refractivity contribution is 6.07. The number of amides is 1. The highest BCUT2D eigenvalue weighted by atomic mass is 16.3. The van der Waals surface area contributed by atoms with Gasteiger partial charge in [0.05, 0.1) is 16.6 Å². The number of pyridine rings is 1. The number of hydrogen-bond acceptors (Lipinski definition) is 4. The minimum atomic E-state index is -0.589. The van der Waals surface area contributed by atoms with Crippen LogP contribution in [0.4, 0.5) is 11.4 Å². The van der Waals surface area contributed by atoms with E-state index in [1.165, 1.54) is 12.3 Å². The number of anilines is 2. The molecule has 3 aromatic rings. The molecule has 6 heteroatoms. The standard InChI is InChI=1S/C18H17N3O3/c1-2-21-10-11(17(23)16-12(19)6-5-8-14(16)21)18(24)20-13-7-3-4-9-15(13)22/h3-10,22H,2,19H2,1H3,(H,20,24). The van der Waals surface area contributed by atoms with Crippen molar-refractivity contribution in [3.05, 3.63) is 64.4 Å². The first-order valence-electron chi connectivity index (χ1n) is 7.54. The van der Waals surface area contributed by atoms with E-state index in [1.807, 2.05) is 6.92 Å². The summed E-state index contributed by atoms with van der Waals surface area (Å²) in [7, 11) is 0. The summed E-state index contributed by atoms with van der Waals surface area (Å²) in [6.07, 6.45) is 1.51. The van der Waals surface area contributed by atoms with Crippen molar-refractivity contribution in [2.75, 3.05) is 11.1 Å². The van der Waals surface area contributed by atoms with Crippen LogP contribution in [0.15, 0.2) is 53.5 Å². The molecule has 0 saturated carbocycles. The van der Waals surface area contributed by atoms with Gasteiger partial charge in [-0.15, -0.1) is 0 Å². The number of aromatic nitrogens is 1. The number of carbonyl (C=O) groups excluding carboxylic acids is 1. The van der Waals surface area contributed by atoms with Gasteiger partial charge in [0.15, 0.2) is 0 Å². The van der Waals surface area contributed by atoms with Crippen molar-refractivity contribution in [2.24, 2.45) is 0 Å². The molecule has 1 amide bonds. The van der Waals surface area contributed by atoms with E-state index >= 15 is 0 Å². The van der Waals surface area contributed by atoms with Gasteiger partial charge < -0.3 is 20.7 Å². The third kappa shape index (κ3) is 2.58. The lowest BCUT2D eigenvalue weighted by Crippen LogP contribution is -2.24. The Hall–Kier alpha value is -3.28. The van der Waals surface area contributed by atoms with Crippen molar-refractivity contribution in [2.45, 2.75) is 13.5 Å². The number of aromatic hydroxyl groups is 1. The van der Waals surface area contributed by atoms with Gasteiger partial charge in [-0.25, -0.2) is 0 Å². The lowest BCUT2D eigenvalue weighted by atomic mass is 10.1. The Labute approximate surface area is 138 Å². The number of phenols is 1. The average Bonchev–Trinajstić information content (AvgIpc) is 2.57. The summed E-state index contributed by atoms with van der Waals surface area (Å²) < 4.78 is 1.80. The molecule has 122 valence electrons. The summed E-state index contributed by atoms with van der Waals surface area (Å²) >= 11 is 0. The molecule has 0 radical (unpaired) electrons. The van der Waals surface area contributed by atoms with Crippen LogP contribution in [0.1, 0.15) is 17.3 Å². The number of benzene rings is 2. The Morgan fingerprint density at radius 3 is 2.67 bits per heavy atom. The molecule has 3 rings (SSSR count). The van der Waals surface area contributed by atoms with Gasteiger partial charge >= 0.3 is 0 Å². The largest absolute Gasteiger partial charge is 0.506 e. The zero-order chi connectivity index (χ0) is 17.3. The van der Waals surface area contributed by atoms with Gasteiger partial charge in [0, 0.05) is 18.4 Å². The predicted octanol–water partition coefficient (Wildman–Crippen LogP) is 2.56. The van der Waals surface area contributed by atoms with Crippen LogP contribution in [-0.2, 0) is 6.54 Å². The second kappa shape index (κ2) is 6.08. The number of fused-ring (bicyclic) bond motifs is 1. The van der Waals surface area contributed by atoms with E-state index in [4.69, 9.17) is 5.73 Å². The van der Waals surface area contributed by atoms with E-state index in [9.17, 15) is 14.7 Å². The molecule has 2 aromatic carbocycles. The topological polar surface area (TPSA) is 97.4 Å². The summed E-state index contributed by atoms with van der Waals surface area (Å²) in [5, 5.41) is 12.7. The van der Waals surface area contributed by atoms with Crippen molar-refractivity contribution in [3.8, 4) is 5.75 Å². The number of nitrogens with two attached hydrogens (primary N) is 1. The molecule has 0 fully saturated rings. The molecule has 0 aliphatic rings. The molecule has 1 aromatic heterocycles. The molecule has 0 atom stereocenters. The van der Waals surface area contributed by atoms with E-state index in [2.05, 4.69) is 5.32 Å². The van der Waals surface area contributed by atoms with Crippen LogP contribution in [0.25, 0.3) is 10.9 Å². The first-order valence-corrected chi connectivity index (χ1v) is 7.54. The summed E-state index contributed by atoms with van der Waals surface area (Å²) in [4.78, 5) is 25.3. The van der Waals surface area contributed by atoms with Gasteiger partial charge in [-0.2, -0.15) is 0 Å². The van der Waals surface area contributed by atoms with E-state index in [-0.39, 0.29) is 17.0 Å². The fourth-order valence-corrected chi connectivity index (χ4v) is 2.66. The van der Waals surface area contributed by atoms with Crippen LogP contribution in [0.5, 0.6) is 5.75 Å². The molecule has 0 unspecified atom stereocenters. The van der Waals surface area contributed by atoms with Gasteiger partial charge in [0.1, 0.15) is 11.3 Å². The third-order valence-electron chi connectivity index (χ3n) is 3.88. The Bertz CT molecular complexity index is 992. The Morgan fingerprint density at radius 2 is 1.96 bits per heavy atom. The molecule has 0 spiro atoms. The normalized spacial score (nSPS) is 10.7. The Morgan fingerprint density at radius 1 is 1.21 bits per heavy atom. The predicted molar refractivity (Wildman–Crippen MR) is 94.4 cm³/mol. The zero-order valence-electron chi connectivity index (χ0n) is 13.1. The van der Waals surface area contributed by atoms with Crippen LogP contribution in [0.3, 0.4) is 0 Å². The number of nitrogens with one attached hydrogen (secondary N) is 1. The minimum Gasteiger partial charge on any atom is -0.506 e. The quantitative estimate of drug-likeness (QED) is 0.510. The van der Waals surface area contributed by atoms with Crippen molar-refractivity contribution < 1.29 is 9.90 Å². The summed E-state index contributed by atoms with van der Waals surface area (Å²) in [6.45, 7) is 2.49. The lowest BCUT2D eigenvalue weighted by molar-refractivity contribution is 0.102. The molecule has 0 bridgehead atoms. The number of aryl methyl sites for hydroxylation is 1. The monoisotopic (exact) mass is 323 g/mol. The number of para-hydroxylation sites is 2.